The van der Waals surface area contributed by atoms with Crippen molar-refractivity contribution in [2.75, 3.05) is 30.3 Å². The number of benzene rings is 1. The van der Waals surface area contributed by atoms with Crippen LogP contribution in [-0.2, 0) is 6.54 Å². The van der Waals surface area contributed by atoms with Gasteiger partial charge in [-0.05, 0) is 36.6 Å². The molecule has 0 radical (unpaired) electrons. The highest BCUT2D eigenvalue weighted by Gasteiger charge is 2.20. The van der Waals surface area contributed by atoms with Crippen LogP contribution in [0, 0.1) is 5.92 Å². The third-order valence-electron chi connectivity index (χ3n) is 3.83. The van der Waals surface area contributed by atoms with Gasteiger partial charge in [0.1, 0.15) is 0 Å². The number of rotatable bonds is 6. The number of nitrogens with zero attached hydrogens (tertiary/aromatic N) is 1. The van der Waals surface area contributed by atoms with Crippen LogP contribution in [0.1, 0.15) is 32.8 Å². The zero-order chi connectivity index (χ0) is 15.2. The molecular formula is C17H27ClN2S. The summed E-state index contributed by atoms with van der Waals surface area (Å²) in [4.78, 5) is 2.44. The van der Waals surface area contributed by atoms with Crippen molar-refractivity contribution in [1.82, 2.24) is 5.32 Å². The summed E-state index contributed by atoms with van der Waals surface area (Å²) in [5, 5.41) is 5.10. The van der Waals surface area contributed by atoms with Crippen molar-refractivity contribution >= 4 is 29.1 Å². The lowest BCUT2D eigenvalue weighted by Gasteiger charge is -2.34. The van der Waals surface area contributed by atoms with Gasteiger partial charge in [-0.25, -0.2) is 0 Å². The maximum atomic E-state index is 6.52. The molecule has 1 heterocycles. The summed E-state index contributed by atoms with van der Waals surface area (Å²) in [6, 6.07) is 6.52. The minimum atomic E-state index is 0.677. The molecule has 4 heteroatoms. The van der Waals surface area contributed by atoms with E-state index in [2.05, 4.69) is 60.9 Å². The third kappa shape index (κ3) is 5.08. The summed E-state index contributed by atoms with van der Waals surface area (Å²) in [6.45, 7) is 10.9. The summed E-state index contributed by atoms with van der Waals surface area (Å²) in [6.07, 6.45) is 1.23. The van der Waals surface area contributed by atoms with Gasteiger partial charge in [-0.1, -0.05) is 38.4 Å². The van der Waals surface area contributed by atoms with Crippen LogP contribution in [-0.4, -0.2) is 30.6 Å². The van der Waals surface area contributed by atoms with Crippen molar-refractivity contribution in [3.63, 3.8) is 0 Å². The molecule has 118 valence electrons. The number of hydrogen-bond acceptors (Lipinski definition) is 3. The highest BCUT2D eigenvalue weighted by molar-refractivity contribution is 8.00. The summed E-state index contributed by atoms with van der Waals surface area (Å²) in [5.41, 5.74) is 2.46. The van der Waals surface area contributed by atoms with Crippen molar-refractivity contribution in [3.05, 3.63) is 28.8 Å². The lowest BCUT2D eigenvalue weighted by Crippen LogP contribution is -2.37. The van der Waals surface area contributed by atoms with E-state index >= 15 is 0 Å². The quantitative estimate of drug-likeness (QED) is 0.833. The number of hydrogen-bond donors (Lipinski definition) is 1. The standard InChI is InChI=1S/C17H27ClN2S/c1-4-15-12-20(7-8-21-15)17-6-5-14(9-16(17)18)11-19-10-13(2)3/h5-6,9,13,15,19H,4,7-8,10-12H2,1-3H3. The lowest BCUT2D eigenvalue weighted by molar-refractivity contribution is 0.552. The van der Waals surface area contributed by atoms with E-state index in [1.165, 1.54) is 23.4 Å². The first kappa shape index (κ1) is 17.0. The van der Waals surface area contributed by atoms with Gasteiger partial charge in [0.05, 0.1) is 10.7 Å². The SMILES string of the molecule is CCC1CN(c2ccc(CNCC(C)C)cc2Cl)CCS1. The summed E-state index contributed by atoms with van der Waals surface area (Å²) in [7, 11) is 0. The molecule has 1 aromatic carbocycles. The second-order valence-corrected chi connectivity index (χ2v) is 7.97. The van der Waals surface area contributed by atoms with E-state index in [9.17, 15) is 0 Å². The first-order chi connectivity index (χ1) is 10.1. The monoisotopic (exact) mass is 326 g/mol. The average molecular weight is 327 g/mol. The molecule has 1 N–H and O–H groups in total. The van der Waals surface area contributed by atoms with Gasteiger partial charge in [0, 0.05) is 30.6 Å². The molecule has 0 aromatic heterocycles. The molecule has 1 aliphatic rings. The van der Waals surface area contributed by atoms with Gasteiger partial charge in [0.25, 0.3) is 0 Å². The molecule has 2 nitrogen and oxygen atoms in total. The molecule has 21 heavy (non-hydrogen) atoms. The molecule has 1 aromatic rings. The molecule has 1 atom stereocenters. The van der Waals surface area contributed by atoms with Crippen LogP contribution in [0.4, 0.5) is 5.69 Å². The zero-order valence-electron chi connectivity index (χ0n) is 13.4. The second-order valence-electron chi connectivity index (χ2n) is 6.16. The van der Waals surface area contributed by atoms with Crippen LogP contribution in [0.3, 0.4) is 0 Å². The number of halogens is 1. The van der Waals surface area contributed by atoms with Gasteiger partial charge in [0.2, 0.25) is 0 Å². The molecule has 0 bridgehead atoms. The fourth-order valence-corrected chi connectivity index (χ4v) is 4.11. The van der Waals surface area contributed by atoms with E-state index in [-0.39, 0.29) is 0 Å². The van der Waals surface area contributed by atoms with E-state index in [4.69, 9.17) is 11.6 Å². The highest BCUT2D eigenvalue weighted by atomic mass is 35.5. The Hall–Kier alpha value is -0.380. The van der Waals surface area contributed by atoms with Gasteiger partial charge in [-0.15, -0.1) is 0 Å². The summed E-state index contributed by atoms with van der Waals surface area (Å²) in [5.74, 6) is 1.88. The molecular weight excluding hydrogens is 300 g/mol. The van der Waals surface area contributed by atoms with Crippen molar-refractivity contribution in [2.24, 2.45) is 5.92 Å². The van der Waals surface area contributed by atoms with Crippen molar-refractivity contribution in [1.29, 1.82) is 0 Å². The number of anilines is 1. The fraction of sp³-hybridized carbons (Fsp3) is 0.647. The molecule has 1 aliphatic heterocycles. The summed E-state index contributed by atoms with van der Waals surface area (Å²) < 4.78 is 0. The predicted molar refractivity (Wildman–Crippen MR) is 96.7 cm³/mol. The van der Waals surface area contributed by atoms with Gasteiger partial charge < -0.3 is 10.2 Å². The number of thioether (sulfide) groups is 1. The van der Waals surface area contributed by atoms with Crippen molar-refractivity contribution < 1.29 is 0 Å². The second kappa shape index (κ2) is 8.30. The van der Waals surface area contributed by atoms with Crippen LogP contribution in [0.15, 0.2) is 18.2 Å². The minimum Gasteiger partial charge on any atom is -0.368 e. The van der Waals surface area contributed by atoms with E-state index < -0.39 is 0 Å². The largest absolute Gasteiger partial charge is 0.368 e. The van der Waals surface area contributed by atoms with E-state index in [1.54, 1.807) is 0 Å². The van der Waals surface area contributed by atoms with Gasteiger partial charge in [-0.2, -0.15) is 11.8 Å². The molecule has 0 aliphatic carbocycles. The molecule has 1 saturated heterocycles. The normalized spacial score (nSPS) is 19.3. The maximum absolute atomic E-state index is 6.52. The molecule has 1 fully saturated rings. The zero-order valence-corrected chi connectivity index (χ0v) is 14.9. The average Bonchev–Trinajstić information content (AvgIpc) is 2.47. The van der Waals surface area contributed by atoms with E-state index in [1.807, 2.05) is 0 Å². The molecule has 0 amide bonds. The predicted octanol–water partition coefficient (Wildman–Crippen LogP) is 4.42. The molecule has 0 spiro atoms. The Labute approximate surface area is 138 Å². The van der Waals surface area contributed by atoms with E-state index in [0.29, 0.717) is 5.92 Å². The maximum Gasteiger partial charge on any atom is 0.0642 e. The number of nitrogens with one attached hydrogen (secondary N) is 1. The Balaban J connectivity index is 1.98. The Bertz CT molecular complexity index is 450. The third-order valence-corrected chi connectivity index (χ3v) is 5.50. The fourth-order valence-electron chi connectivity index (χ4n) is 2.61. The Kier molecular flexibility index (Phi) is 6.72. The topological polar surface area (TPSA) is 15.3 Å². The van der Waals surface area contributed by atoms with Crippen LogP contribution < -0.4 is 10.2 Å². The van der Waals surface area contributed by atoms with Crippen LogP contribution >= 0.6 is 23.4 Å². The van der Waals surface area contributed by atoms with Gasteiger partial charge in [-0.3, -0.25) is 0 Å². The van der Waals surface area contributed by atoms with Gasteiger partial charge >= 0.3 is 0 Å². The highest BCUT2D eigenvalue weighted by Crippen LogP contribution is 2.31. The van der Waals surface area contributed by atoms with Crippen molar-refractivity contribution in [2.45, 2.75) is 39.0 Å². The first-order valence-electron chi connectivity index (χ1n) is 7.95. The minimum absolute atomic E-state index is 0.677. The first-order valence-corrected chi connectivity index (χ1v) is 9.38. The smallest absolute Gasteiger partial charge is 0.0642 e. The van der Waals surface area contributed by atoms with Crippen LogP contribution in [0.25, 0.3) is 0 Å². The van der Waals surface area contributed by atoms with E-state index in [0.717, 1.165) is 36.5 Å². The van der Waals surface area contributed by atoms with Gasteiger partial charge in [0.15, 0.2) is 0 Å². The molecule has 2 rings (SSSR count). The lowest BCUT2D eigenvalue weighted by atomic mass is 10.1. The van der Waals surface area contributed by atoms with Crippen LogP contribution in [0.2, 0.25) is 5.02 Å². The summed E-state index contributed by atoms with van der Waals surface area (Å²) >= 11 is 8.61. The molecule has 0 saturated carbocycles. The Morgan fingerprint density at radius 2 is 2.24 bits per heavy atom. The Morgan fingerprint density at radius 1 is 1.43 bits per heavy atom. The van der Waals surface area contributed by atoms with Crippen LogP contribution in [0.5, 0.6) is 0 Å². The van der Waals surface area contributed by atoms with Crippen molar-refractivity contribution in [3.8, 4) is 0 Å². The Morgan fingerprint density at radius 3 is 2.90 bits per heavy atom. The molecule has 1 unspecified atom stereocenters.